The maximum absolute atomic E-state index is 9.00. The summed E-state index contributed by atoms with van der Waals surface area (Å²) in [4.78, 5) is 17.9. The number of aliphatic carboxylic acids is 1. The first-order chi connectivity index (χ1) is 2.27. The van der Waals surface area contributed by atoms with Crippen LogP contribution in [0.2, 0.25) is 0 Å². The SMILES string of the molecule is O.O.O.O=CC(=O)O.[Ir]. The zero-order valence-electron chi connectivity index (χ0n) is 4.17. The summed E-state index contributed by atoms with van der Waals surface area (Å²) in [5, 5.41) is 7.35. The Bertz CT molecular complexity index is 62.1. The van der Waals surface area contributed by atoms with Crippen LogP contribution in [0.5, 0.6) is 0 Å². The molecule has 6 nitrogen and oxygen atoms in total. The molecule has 0 heterocycles. The van der Waals surface area contributed by atoms with E-state index in [0.717, 1.165) is 0 Å². The van der Waals surface area contributed by atoms with Crippen molar-refractivity contribution in [1.82, 2.24) is 0 Å². The van der Waals surface area contributed by atoms with E-state index in [0.29, 0.717) is 0 Å². The van der Waals surface area contributed by atoms with Gasteiger partial charge in [-0.15, -0.1) is 0 Å². The van der Waals surface area contributed by atoms with Crippen LogP contribution < -0.4 is 0 Å². The quantitative estimate of drug-likeness (QED) is 0.400. The van der Waals surface area contributed by atoms with Gasteiger partial charge in [0.15, 0.2) is 0 Å². The maximum Gasteiger partial charge on any atom is 0.368 e. The van der Waals surface area contributed by atoms with Crippen molar-refractivity contribution in [2.45, 2.75) is 0 Å². The van der Waals surface area contributed by atoms with Gasteiger partial charge in [0, 0.05) is 20.1 Å². The minimum Gasteiger partial charge on any atom is -0.476 e. The van der Waals surface area contributed by atoms with E-state index in [2.05, 4.69) is 0 Å². The van der Waals surface area contributed by atoms with Crippen LogP contribution in [0.3, 0.4) is 0 Å². The Morgan fingerprint density at radius 1 is 1.22 bits per heavy atom. The molecule has 0 rings (SSSR count). The van der Waals surface area contributed by atoms with Gasteiger partial charge in [0.2, 0.25) is 6.29 Å². The molecule has 7 heteroatoms. The third-order valence-corrected chi connectivity index (χ3v) is 0.101. The second kappa shape index (κ2) is 25.3. The van der Waals surface area contributed by atoms with Gasteiger partial charge in [-0.2, -0.15) is 0 Å². The van der Waals surface area contributed by atoms with Crippen molar-refractivity contribution in [2.75, 3.05) is 0 Å². The predicted octanol–water partition coefficient (Wildman–Crippen LogP) is -3.21. The van der Waals surface area contributed by atoms with E-state index in [1.165, 1.54) is 0 Å². The number of hydrogen-bond donors (Lipinski definition) is 1. The summed E-state index contributed by atoms with van der Waals surface area (Å²) in [6.45, 7) is 0. The Hall–Kier alpha value is -0.331. The molecule has 0 saturated heterocycles. The van der Waals surface area contributed by atoms with E-state index in [9.17, 15) is 0 Å². The number of carboxylic acids is 1. The van der Waals surface area contributed by atoms with Gasteiger partial charge in [0.25, 0.3) is 0 Å². The van der Waals surface area contributed by atoms with Crippen molar-refractivity contribution < 1.29 is 51.2 Å². The Morgan fingerprint density at radius 3 is 1.33 bits per heavy atom. The molecule has 0 aromatic rings. The summed E-state index contributed by atoms with van der Waals surface area (Å²) in [6, 6.07) is 0. The van der Waals surface area contributed by atoms with Gasteiger partial charge in [0.1, 0.15) is 0 Å². The molecule has 9 heavy (non-hydrogen) atoms. The second-order valence-corrected chi connectivity index (χ2v) is 0.456. The number of hydrogen-bond acceptors (Lipinski definition) is 2. The molecule has 0 spiro atoms. The fraction of sp³-hybridized carbons (Fsp3) is 0. The fourth-order valence-electron chi connectivity index (χ4n) is 0. The third-order valence-electron chi connectivity index (χ3n) is 0.101. The first-order valence-corrected chi connectivity index (χ1v) is 0.952. The molecule has 1 radical (unpaired) electrons. The Labute approximate surface area is 64.1 Å². The molecule has 7 N–H and O–H groups in total. The van der Waals surface area contributed by atoms with Crippen LogP contribution >= 0.6 is 0 Å². The van der Waals surface area contributed by atoms with Crippen LogP contribution in [0.1, 0.15) is 0 Å². The van der Waals surface area contributed by atoms with Crippen LogP contribution in [0, 0.1) is 0 Å². The number of rotatable bonds is 1. The van der Waals surface area contributed by atoms with Crippen LogP contribution in [0.15, 0.2) is 0 Å². The van der Waals surface area contributed by atoms with Crippen LogP contribution in [-0.2, 0) is 29.7 Å². The van der Waals surface area contributed by atoms with E-state index in [1.807, 2.05) is 0 Å². The summed E-state index contributed by atoms with van der Waals surface area (Å²) < 4.78 is 0. The fourth-order valence-corrected chi connectivity index (χ4v) is 0. The normalized spacial score (nSPS) is 3.56. The van der Waals surface area contributed by atoms with Crippen molar-refractivity contribution in [1.29, 1.82) is 0 Å². The monoisotopic (exact) mass is 321 g/mol. The van der Waals surface area contributed by atoms with Crippen molar-refractivity contribution in [3.63, 3.8) is 0 Å². The molecule has 61 valence electrons. The van der Waals surface area contributed by atoms with E-state index in [4.69, 9.17) is 14.7 Å². The topological polar surface area (TPSA) is 149 Å². The molecule has 0 saturated carbocycles. The summed E-state index contributed by atoms with van der Waals surface area (Å²) in [7, 11) is 0. The molecule has 0 atom stereocenters. The zero-order chi connectivity index (χ0) is 4.28. The van der Waals surface area contributed by atoms with Gasteiger partial charge in [-0.25, -0.2) is 4.79 Å². The van der Waals surface area contributed by atoms with Gasteiger partial charge in [-0.3, -0.25) is 4.79 Å². The largest absolute Gasteiger partial charge is 0.476 e. The smallest absolute Gasteiger partial charge is 0.368 e. The van der Waals surface area contributed by atoms with Crippen molar-refractivity contribution in [3.8, 4) is 0 Å². The standard InChI is InChI=1S/C2H2O3.Ir.3H2O/c3-1-2(4)5;;;;/h1H,(H,4,5);;3*1H2. The number of aldehydes is 1. The molecule has 0 unspecified atom stereocenters. The molecule has 0 fully saturated rings. The van der Waals surface area contributed by atoms with Gasteiger partial charge >= 0.3 is 5.97 Å². The van der Waals surface area contributed by atoms with Crippen LogP contribution in [-0.4, -0.2) is 33.8 Å². The summed E-state index contributed by atoms with van der Waals surface area (Å²) in [5.41, 5.74) is 0. The number of carbonyl (C=O) groups excluding carboxylic acids is 1. The average Bonchev–Trinajstić information content (AvgIpc) is 1.38. The number of carboxylic acid groups (broad SMARTS) is 1. The Kier molecular flexibility index (Phi) is 107. The molecule has 0 aliphatic heterocycles. The van der Waals surface area contributed by atoms with Gasteiger partial charge in [-0.05, 0) is 0 Å². The first kappa shape index (κ1) is 37.9. The average molecular weight is 320 g/mol. The summed E-state index contributed by atoms with van der Waals surface area (Å²) >= 11 is 0. The summed E-state index contributed by atoms with van der Waals surface area (Å²) in [5.74, 6) is -1.43. The second-order valence-electron chi connectivity index (χ2n) is 0.456. The molecular formula is C2H8IrO6. The molecule has 0 bridgehead atoms. The Balaban J connectivity index is -0.0000000133. The van der Waals surface area contributed by atoms with Crippen molar-refractivity contribution in [2.24, 2.45) is 0 Å². The molecule has 0 aromatic carbocycles. The molecular weight excluding hydrogens is 312 g/mol. The first-order valence-electron chi connectivity index (χ1n) is 0.952. The van der Waals surface area contributed by atoms with Gasteiger partial charge in [0.05, 0.1) is 0 Å². The van der Waals surface area contributed by atoms with E-state index in [-0.39, 0.29) is 42.8 Å². The maximum atomic E-state index is 9.00. The minimum atomic E-state index is -1.43. The van der Waals surface area contributed by atoms with Gasteiger partial charge < -0.3 is 21.5 Å². The minimum absolute atomic E-state index is 0. The Morgan fingerprint density at radius 2 is 1.33 bits per heavy atom. The number of carbonyl (C=O) groups is 2. The molecule has 0 aliphatic rings. The summed E-state index contributed by atoms with van der Waals surface area (Å²) in [6.07, 6.45) is -0.167. The molecule has 0 aromatic heterocycles. The molecule has 0 amide bonds. The van der Waals surface area contributed by atoms with E-state index < -0.39 is 5.97 Å². The van der Waals surface area contributed by atoms with Gasteiger partial charge in [-0.1, -0.05) is 0 Å². The van der Waals surface area contributed by atoms with Crippen LogP contribution in [0.25, 0.3) is 0 Å². The van der Waals surface area contributed by atoms with E-state index >= 15 is 0 Å². The van der Waals surface area contributed by atoms with Crippen molar-refractivity contribution >= 4 is 12.3 Å². The predicted molar refractivity (Wildman–Crippen MR) is 24.5 cm³/mol. The third kappa shape index (κ3) is 88.5. The molecule has 0 aliphatic carbocycles. The zero-order valence-corrected chi connectivity index (χ0v) is 6.57. The van der Waals surface area contributed by atoms with Crippen molar-refractivity contribution in [3.05, 3.63) is 0 Å². The van der Waals surface area contributed by atoms with E-state index in [1.54, 1.807) is 0 Å². The van der Waals surface area contributed by atoms with Crippen LogP contribution in [0.4, 0.5) is 0 Å².